The number of ether oxygens (including phenoxy) is 1. The minimum absolute atomic E-state index is 0.129. The van der Waals surface area contributed by atoms with Crippen LogP contribution in [0.4, 0.5) is 0 Å². The maximum atomic E-state index is 5.70. The number of hydrogen-bond donors (Lipinski definition) is 2. The van der Waals surface area contributed by atoms with E-state index in [1.807, 2.05) is 38.1 Å². The molecule has 0 aliphatic heterocycles. The van der Waals surface area contributed by atoms with Crippen LogP contribution in [-0.4, -0.2) is 12.0 Å². The van der Waals surface area contributed by atoms with Crippen molar-refractivity contribution < 1.29 is 4.74 Å². The molecule has 1 aromatic carbocycles. The van der Waals surface area contributed by atoms with Gasteiger partial charge in [0.2, 0.25) is 0 Å². The largest absolute Gasteiger partial charge is 0.491 e. The zero-order chi connectivity index (χ0) is 12.7. The topological polar surface area (TPSA) is 47.3 Å². The molecule has 0 aromatic heterocycles. The van der Waals surface area contributed by atoms with Crippen molar-refractivity contribution in [1.29, 1.82) is 0 Å². The number of hydrogen-bond acceptors (Lipinski definition) is 3. The van der Waals surface area contributed by atoms with E-state index in [0.29, 0.717) is 5.88 Å². The average molecular weight is 257 g/mol. The van der Waals surface area contributed by atoms with E-state index in [0.717, 1.165) is 24.2 Å². The van der Waals surface area contributed by atoms with E-state index >= 15 is 0 Å². The second kappa shape index (κ2) is 7.54. The summed E-state index contributed by atoms with van der Waals surface area (Å²) in [5.74, 6) is 7.09. The van der Waals surface area contributed by atoms with Crippen LogP contribution in [0, 0.1) is 0 Å². The molecule has 0 fully saturated rings. The number of nitrogens with two attached hydrogens (primary N) is 1. The Kier molecular flexibility index (Phi) is 6.34. The molecule has 0 heterocycles. The summed E-state index contributed by atoms with van der Waals surface area (Å²) >= 11 is 5.70. The van der Waals surface area contributed by atoms with E-state index in [2.05, 4.69) is 5.43 Å². The highest BCUT2D eigenvalue weighted by Gasteiger charge is 2.10. The first kappa shape index (κ1) is 14.3. The Morgan fingerprint density at radius 3 is 2.76 bits per heavy atom. The summed E-state index contributed by atoms with van der Waals surface area (Å²) in [5, 5.41) is 0. The Hall–Kier alpha value is -0.770. The van der Waals surface area contributed by atoms with Gasteiger partial charge in [0.1, 0.15) is 5.75 Å². The second-order valence-corrected chi connectivity index (χ2v) is 4.67. The minimum Gasteiger partial charge on any atom is -0.491 e. The molecule has 3 nitrogen and oxygen atoms in total. The highest BCUT2D eigenvalue weighted by atomic mass is 35.5. The summed E-state index contributed by atoms with van der Waals surface area (Å²) in [4.78, 5) is 0. The second-order valence-electron chi connectivity index (χ2n) is 4.29. The summed E-state index contributed by atoms with van der Waals surface area (Å²) in [6.07, 6.45) is 2.04. The van der Waals surface area contributed by atoms with Gasteiger partial charge in [0.05, 0.1) is 6.10 Å². The predicted octanol–water partition coefficient (Wildman–Crippen LogP) is 3.00. The molecule has 0 saturated carbocycles. The van der Waals surface area contributed by atoms with Gasteiger partial charge < -0.3 is 4.74 Å². The normalized spacial score (nSPS) is 12.8. The molecule has 0 spiro atoms. The van der Waals surface area contributed by atoms with E-state index in [9.17, 15) is 0 Å². The lowest BCUT2D eigenvalue weighted by atomic mass is 10.0. The lowest BCUT2D eigenvalue weighted by Crippen LogP contribution is -2.28. The molecule has 4 heteroatoms. The van der Waals surface area contributed by atoms with Gasteiger partial charge in [-0.2, -0.15) is 0 Å². The molecule has 0 radical (unpaired) electrons. The van der Waals surface area contributed by atoms with Gasteiger partial charge >= 0.3 is 0 Å². The third-order valence-electron chi connectivity index (χ3n) is 2.46. The van der Waals surface area contributed by atoms with E-state index in [-0.39, 0.29) is 12.1 Å². The van der Waals surface area contributed by atoms with Crippen molar-refractivity contribution in [3.05, 3.63) is 29.8 Å². The molecule has 0 bridgehead atoms. The Bertz CT molecular complexity index is 331. The molecule has 1 aromatic rings. The van der Waals surface area contributed by atoms with Gasteiger partial charge in [0.25, 0.3) is 0 Å². The maximum Gasteiger partial charge on any atom is 0.120 e. The van der Waals surface area contributed by atoms with Gasteiger partial charge in [-0.15, -0.1) is 11.6 Å². The van der Waals surface area contributed by atoms with Crippen molar-refractivity contribution >= 4 is 11.6 Å². The van der Waals surface area contributed by atoms with Gasteiger partial charge in [0, 0.05) is 11.9 Å². The smallest absolute Gasteiger partial charge is 0.120 e. The molecule has 3 N–H and O–H groups in total. The number of rotatable bonds is 7. The zero-order valence-electron chi connectivity index (χ0n) is 10.4. The molecular formula is C13H21ClN2O. The Labute approximate surface area is 108 Å². The fraction of sp³-hybridized carbons (Fsp3) is 0.538. The zero-order valence-corrected chi connectivity index (χ0v) is 11.2. The van der Waals surface area contributed by atoms with Crippen LogP contribution in [0.15, 0.2) is 24.3 Å². The summed E-state index contributed by atoms with van der Waals surface area (Å²) in [6, 6.07) is 8.14. The first-order valence-electron chi connectivity index (χ1n) is 5.96. The standard InChI is InChI=1S/C13H21ClN2O/c1-10(2)17-12-6-3-5-11(9-12)13(16-15)7-4-8-14/h3,5-6,9-10,13,16H,4,7-8,15H2,1-2H3. The highest BCUT2D eigenvalue weighted by molar-refractivity contribution is 6.17. The molecule has 0 aliphatic carbocycles. The maximum absolute atomic E-state index is 5.70. The van der Waals surface area contributed by atoms with E-state index in [1.165, 1.54) is 0 Å². The molecule has 1 atom stereocenters. The van der Waals surface area contributed by atoms with Crippen molar-refractivity contribution in [1.82, 2.24) is 5.43 Å². The van der Waals surface area contributed by atoms with Crippen molar-refractivity contribution in [3.8, 4) is 5.75 Å². The van der Waals surface area contributed by atoms with Gasteiger partial charge in [-0.05, 0) is 44.4 Å². The molecule has 0 amide bonds. The number of halogens is 1. The highest BCUT2D eigenvalue weighted by Crippen LogP contribution is 2.23. The fourth-order valence-corrected chi connectivity index (χ4v) is 1.86. The van der Waals surface area contributed by atoms with Crippen molar-refractivity contribution in [2.75, 3.05) is 5.88 Å². The van der Waals surface area contributed by atoms with Gasteiger partial charge in [-0.25, -0.2) is 0 Å². The van der Waals surface area contributed by atoms with Crippen LogP contribution in [0.25, 0.3) is 0 Å². The first-order valence-corrected chi connectivity index (χ1v) is 6.49. The molecule has 1 rings (SSSR count). The predicted molar refractivity (Wildman–Crippen MR) is 72.2 cm³/mol. The van der Waals surface area contributed by atoms with Crippen molar-refractivity contribution in [3.63, 3.8) is 0 Å². The molecule has 0 aliphatic rings. The third-order valence-corrected chi connectivity index (χ3v) is 2.73. The lowest BCUT2D eigenvalue weighted by molar-refractivity contribution is 0.242. The van der Waals surface area contributed by atoms with Crippen LogP contribution in [0.1, 0.15) is 38.3 Å². The Balaban J connectivity index is 2.73. The molecule has 0 saturated heterocycles. The molecular weight excluding hydrogens is 236 g/mol. The van der Waals surface area contributed by atoms with Gasteiger partial charge in [-0.1, -0.05) is 12.1 Å². The van der Waals surface area contributed by atoms with Gasteiger partial charge in [0.15, 0.2) is 0 Å². The lowest BCUT2D eigenvalue weighted by Gasteiger charge is -2.17. The quantitative estimate of drug-likeness (QED) is 0.448. The molecule has 17 heavy (non-hydrogen) atoms. The van der Waals surface area contributed by atoms with Crippen LogP contribution < -0.4 is 16.0 Å². The monoisotopic (exact) mass is 256 g/mol. The number of benzene rings is 1. The van der Waals surface area contributed by atoms with Crippen LogP contribution in [-0.2, 0) is 0 Å². The summed E-state index contributed by atoms with van der Waals surface area (Å²) in [5.41, 5.74) is 3.95. The van der Waals surface area contributed by atoms with E-state index in [1.54, 1.807) is 0 Å². The molecule has 96 valence electrons. The van der Waals surface area contributed by atoms with Crippen LogP contribution in [0.2, 0.25) is 0 Å². The van der Waals surface area contributed by atoms with Crippen molar-refractivity contribution in [2.24, 2.45) is 5.84 Å². The number of nitrogens with one attached hydrogen (secondary N) is 1. The number of hydrazine groups is 1. The Morgan fingerprint density at radius 2 is 2.18 bits per heavy atom. The van der Waals surface area contributed by atoms with Crippen LogP contribution in [0.3, 0.4) is 0 Å². The summed E-state index contributed by atoms with van der Waals surface area (Å²) < 4.78 is 5.66. The average Bonchev–Trinajstić information content (AvgIpc) is 2.30. The van der Waals surface area contributed by atoms with Crippen molar-refractivity contribution in [2.45, 2.75) is 38.8 Å². The van der Waals surface area contributed by atoms with Crippen LogP contribution >= 0.6 is 11.6 Å². The minimum atomic E-state index is 0.129. The SMILES string of the molecule is CC(C)Oc1cccc(C(CCCCl)NN)c1. The number of alkyl halides is 1. The van der Waals surface area contributed by atoms with Gasteiger partial charge in [-0.3, -0.25) is 11.3 Å². The van der Waals surface area contributed by atoms with E-state index in [4.69, 9.17) is 22.2 Å². The summed E-state index contributed by atoms with van der Waals surface area (Å²) in [7, 11) is 0. The first-order chi connectivity index (χ1) is 8.17. The van der Waals surface area contributed by atoms with Crippen LogP contribution in [0.5, 0.6) is 5.75 Å². The van der Waals surface area contributed by atoms with E-state index < -0.39 is 0 Å². The molecule has 1 unspecified atom stereocenters. The third kappa shape index (κ3) is 4.94. The Morgan fingerprint density at radius 1 is 1.41 bits per heavy atom. The summed E-state index contributed by atoms with van der Waals surface area (Å²) in [6.45, 7) is 4.03. The fourth-order valence-electron chi connectivity index (χ4n) is 1.70.